The first kappa shape index (κ1) is 18.6. The molecular formula is C24H24N2Ni. The Morgan fingerprint density at radius 1 is 0.667 bits per heavy atom. The number of allylic oxidation sites excluding steroid dienone is 4. The molecule has 0 N–H and O–H groups in total. The van der Waals surface area contributed by atoms with E-state index in [0.717, 1.165) is 46.9 Å². The van der Waals surface area contributed by atoms with Gasteiger partial charge in [-0.25, -0.2) is 0 Å². The number of fused-ring (bicyclic) bond motifs is 4. The minimum Gasteiger partial charge on any atom is -0.320 e. The maximum Gasteiger partial charge on any atom is 2.00 e. The predicted molar refractivity (Wildman–Crippen MR) is 105 cm³/mol. The summed E-state index contributed by atoms with van der Waals surface area (Å²) in [6.45, 7) is 0. The summed E-state index contributed by atoms with van der Waals surface area (Å²) in [6.07, 6.45) is 21.4. The number of aromatic nitrogens is 2. The molecule has 2 fully saturated rings. The molecule has 6 unspecified atom stereocenters. The van der Waals surface area contributed by atoms with Gasteiger partial charge in [0.05, 0.1) is 11.4 Å². The van der Waals surface area contributed by atoms with Crippen molar-refractivity contribution in [2.45, 2.75) is 12.8 Å². The largest absolute Gasteiger partial charge is 2.00 e. The molecule has 4 aliphatic carbocycles. The molecule has 2 aromatic rings. The first-order chi connectivity index (χ1) is 12.9. The van der Waals surface area contributed by atoms with Crippen LogP contribution in [0.1, 0.15) is 12.8 Å². The van der Waals surface area contributed by atoms with Gasteiger partial charge in [0, 0.05) is 12.4 Å². The summed E-state index contributed by atoms with van der Waals surface area (Å²) in [6, 6.07) is 11.6. The van der Waals surface area contributed by atoms with E-state index in [1.807, 2.05) is 36.4 Å². The molecule has 2 aromatic heterocycles. The fraction of sp³-hybridized carbons (Fsp3) is 0.333. The van der Waals surface area contributed by atoms with Gasteiger partial charge in [-0.15, -0.1) is 24.0 Å². The van der Waals surface area contributed by atoms with E-state index in [4.69, 9.17) is 0 Å². The molecule has 140 valence electrons. The Bertz CT molecular complexity index is 732. The van der Waals surface area contributed by atoms with Crippen molar-refractivity contribution in [3.8, 4) is 11.4 Å². The second kappa shape index (κ2) is 8.11. The van der Waals surface area contributed by atoms with Crippen LogP contribution in [0.3, 0.4) is 0 Å². The summed E-state index contributed by atoms with van der Waals surface area (Å²) >= 11 is 0. The molecule has 0 aliphatic heterocycles. The number of pyridine rings is 2. The fourth-order valence-electron chi connectivity index (χ4n) is 5.08. The third-order valence-electron chi connectivity index (χ3n) is 6.26. The molecule has 0 aromatic carbocycles. The molecular weight excluding hydrogens is 375 g/mol. The van der Waals surface area contributed by atoms with Crippen molar-refractivity contribution >= 4 is 0 Å². The van der Waals surface area contributed by atoms with Crippen molar-refractivity contribution < 1.29 is 16.5 Å². The third kappa shape index (κ3) is 3.80. The van der Waals surface area contributed by atoms with E-state index in [1.165, 1.54) is 12.8 Å². The Morgan fingerprint density at radius 2 is 1.15 bits per heavy atom. The van der Waals surface area contributed by atoms with Crippen LogP contribution >= 0.6 is 0 Å². The van der Waals surface area contributed by atoms with Crippen molar-refractivity contribution in [3.05, 3.63) is 85.9 Å². The fourth-order valence-corrected chi connectivity index (χ4v) is 5.08. The standard InChI is InChI=1S/C14H16.C10H8N2.Ni/c1-3-11-5-9(1)7-13(11)14-8-10-2-4-12(14)6-10;1-3-7-11-9(5-1)10-6-2-4-8-12-10;/h1-4,7-14H,5-6H2;1-8H;/q-2;;+2. The molecule has 2 nitrogen and oxygen atoms in total. The van der Waals surface area contributed by atoms with Crippen molar-refractivity contribution in [1.29, 1.82) is 0 Å². The van der Waals surface area contributed by atoms with E-state index in [9.17, 15) is 0 Å². The van der Waals surface area contributed by atoms with Crippen LogP contribution in [0.25, 0.3) is 11.4 Å². The molecule has 3 heteroatoms. The molecule has 0 radical (unpaired) electrons. The predicted octanol–water partition coefficient (Wildman–Crippen LogP) is 5.18. The van der Waals surface area contributed by atoms with Gasteiger partial charge in [0.2, 0.25) is 0 Å². The van der Waals surface area contributed by atoms with Crippen LogP contribution in [0.4, 0.5) is 0 Å². The first-order valence-electron chi connectivity index (χ1n) is 9.76. The average Bonchev–Trinajstić information content (AvgIpc) is 3.51. The average molecular weight is 399 g/mol. The van der Waals surface area contributed by atoms with Gasteiger partial charge in [-0.3, -0.25) is 9.97 Å². The smallest absolute Gasteiger partial charge is 0.320 e. The van der Waals surface area contributed by atoms with E-state index in [0.29, 0.717) is 0 Å². The number of rotatable bonds is 2. The maximum absolute atomic E-state index is 4.19. The van der Waals surface area contributed by atoms with Crippen molar-refractivity contribution in [2.75, 3.05) is 0 Å². The normalized spacial score (nSPS) is 34.2. The van der Waals surface area contributed by atoms with E-state index in [-0.39, 0.29) is 16.5 Å². The van der Waals surface area contributed by atoms with Gasteiger partial charge in [0.15, 0.2) is 0 Å². The second-order valence-electron chi connectivity index (χ2n) is 7.87. The van der Waals surface area contributed by atoms with E-state index >= 15 is 0 Å². The van der Waals surface area contributed by atoms with Crippen LogP contribution in [0.2, 0.25) is 0 Å². The van der Waals surface area contributed by atoms with Crippen LogP contribution in [-0.4, -0.2) is 9.97 Å². The second-order valence-corrected chi connectivity index (χ2v) is 7.87. The Morgan fingerprint density at radius 3 is 1.44 bits per heavy atom. The van der Waals surface area contributed by atoms with Crippen LogP contribution in [0.5, 0.6) is 0 Å². The molecule has 27 heavy (non-hydrogen) atoms. The zero-order chi connectivity index (χ0) is 17.3. The van der Waals surface area contributed by atoms with Crippen LogP contribution in [0, 0.1) is 48.3 Å². The number of hydrogen-bond donors (Lipinski definition) is 0. The molecule has 0 saturated heterocycles. The summed E-state index contributed by atoms with van der Waals surface area (Å²) in [5, 5.41) is 0. The minimum atomic E-state index is 0. The molecule has 2 heterocycles. The molecule has 2 saturated carbocycles. The summed E-state index contributed by atoms with van der Waals surface area (Å²) in [4.78, 5) is 8.37. The van der Waals surface area contributed by atoms with Gasteiger partial charge in [-0.2, -0.15) is 11.8 Å². The van der Waals surface area contributed by atoms with E-state index < -0.39 is 0 Å². The van der Waals surface area contributed by atoms with Gasteiger partial charge >= 0.3 is 16.5 Å². The molecule has 4 aliphatic rings. The van der Waals surface area contributed by atoms with Crippen LogP contribution in [0.15, 0.2) is 73.1 Å². The third-order valence-corrected chi connectivity index (χ3v) is 6.26. The minimum absolute atomic E-state index is 0. The first-order valence-corrected chi connectivity index (χ1v) is 9.76. The molecule has 0 amide bonds. The number of nitrogens with zero attached hydrogens (tertiary/aromatic N) is 2. The van der Waals surface area contributed by atoms with E-state index in [1.54, 1.807) is 12.4 Å². The Hall–Kier alpha value is -1.73. The molecule has 4 bridgehead atoms. The van der Waals surface area contributed by atoms with Crippen LogP contribution < -0.4 is 0 Å². The SMILES string of the molecule is C1=CC2CC1[CH-]C2C1[CH-]C2C=CC1C2.[Ni+2].c1ccc(-c2ccccn2)nc1. The summed E-state index contributed by atoms with van der Waals surface area (Å²) < 4.78 is 0. The summed E-state index contributed by atoms with van der Waals surface area (Å²) in [7, 11) is 0. The molecule has 6 atom stereocenters. The van der Waals surface area contributed by atoms with Gasteiger partial charge in [-0.1, -0.05) is 49.0 Å². The van der Waals surface area contributed by atoms with Crippen molar-refractivity contribution in [1.82, 2.24) is 9.97 Å². The zero-order valence-electron chi connectivity index (χ0n) is 15.2. The van der Waals surface area contributed by atoms with Crippen LogP contribution in [-0.2, 0) is 16.5 Å². The maximum atomic E-state index is 4.19. The van der Waals surface area contributed by atoms with E-state index in [2.05, 4.69) is 47.1 Å². The van der Waals surface area contributed by atoms with Gasteiger partial charge in [0.1, 0.15) is 0 Å². The van der Waals surface area contributed by atoms with Crippen molar-refractivity contribution in [3.63, 3.8) is 0 Å². The topological polar surface area (TPSA) is 25.8 Å². The van der Waals surface area contributed by atoms with Gasteiger partial charge in [0.25, 0.3) is 0 Å². The Kier molecular flexibility index (Phi) is 5.59. The Balaban J connectivity index is 0.000000130. The van der Waals surface area contributed by atoms with Crippen molar-refractivity contribution in [2.24, 2.45) is 35.5 Å². The quantitative estimate of drug-likeness (QED) is 0.395. The summed E-state index contributed by atoms with van der Waals surface area (Å²) in [5.74, 6) is 5.17. The van der Waals surface area contributed by atoms with Gasteiger partial charge in [-0.05, 0) is 24.3 Å². The molecule has 6 rings (SSSR count). The number of hydrogen-bond acceptors (Lipinski definition) is 2. The summed E-state index contributed by atoms with van der Waals surface area (Å²) in [5.41, 5.74) is 1.83. The zero-order valence-corrected chi connectivity index (χ0v) is 16.2. The monoisotopic (exact) mass is 398 g/mol. The molecule has 0 spiro atoms. The van der Waals surface area contributed by atoms with Gasteiger partial charge < -0.3 is 12.8 Å². The Labute approximate surface area is 172 Å².